The summed E-state index contributed by atoms with van der Waals surface area (Å²) >= 11 is 1.86. The predicted octanol–water partition coefficient (Wildman–Crippen LogP) is 4.20. The predicted molar refractivity (Wildman–Crippen MR) is 123 cm³/mol. The molecule has 6 heteroatoms. The van der Waals surface area contributed by atoms with E-state index in [2.05, 4.69) is 29.6 Å². The molecule has 31 heavy (non-hydrogen) atoms. The first-order chi connectivity index (χ1) is 15.2. The molecule has 0 unspecified atom stereocenters. The molecule has 2 saturated heterocycles. The fourth-order valence-corrected chi connectivity index (χ4v) is 5.79. The summed E-state index contributed by atoms with van der Waals surface area (Å²) in [6, 6.07) is 18.4. The molecule has 0 aliphatic carbocycles. The van der Waals surface area contributed by atoms with Gasteiger partial charge < -0.3 is 19.5 Å². The molecule has 166 valence electrons. The van der Waals surface area contributed by atoms with Gasteiger partial charge in [0.25, 0.3) is 0 Å². The molecular formula is C25H31NO4S. The van der Waals surface area contributed by atoms with E-state index in [1.165, 1.54) is 4.90 Å². The minimum absolute atomic E-state index is 0.0540. The van der Waals surface area contributed by atoms with Crippen molar-refractivity contribution in [1.82, 2.24) is 5.32 Å². The highest BCUT2D eigenvalue weighted by Gasteiger charge is 2.43. The van der Waals surface area contributed by atoms with Gasteiger partial charge in [0.05, 0.1) is 12.5 Å². The first kappa shape index (κ1) is 22.2. The van der Waals surface area contributed by atoms with Gasteiger partial charge in [-0.15, -0.1) is 11.8 Å². The molecule has 0 spiro atoms. The molecule has 1 N–H and O–H groups in total. The van der Waals surface area contributed by atoms with Crippen molar-refractivity contribution in [1.29, 1.82) is 0 Å². The Bertz CT molecular complexity index is 844. The molecule has 2 heterocycles. The van der Waals surface area contributed by atoms with E-state index in [1.54, 1.807) is 7.11 Å². The van der Waals surface area contributed by atoms with Crippen molar-refractivity contribution in [2.24, 2.45) is 0 Å². The lowest BCUT2D eigenvalue weighted by atomic mass is 9.73. The van der Waals surface area contributed by atoms with E-state index in [0.29, 0.717) is 32.6 Å². The maximum atomic E-state index is 13.7. The van der Waals surface area contributed by atoms with Gasteiger partial charge >= 0.3 is 0 Å². The van der Waals surface area contributed by atoms with E-state index in [1.807, 2.05) is 42.1 Å². The molecule has 2 aliphatic heterocycles. The Hall–Kier alpha value is -2.02. The van der Waals surface area contributed by atoms with Crippen LogP contribution < -0.4 is 10.1 Å². The first-order valence-corrected chi connectivity index (χ1v) is 11.8. The van der Waals surface area contributed by atoms with Crippen LogP contribution in [0.15, 0.2) is 59.5 Å². The lowest BCUT2D eigenvalue weighted by Crippen LogP contribution is -2.52. The van der Waals surface area contributed by atoms with Crippen LogP contribution in [0.25, 0.3) is 0 Å². The summed E-state index contributed by atoms with van der Waals surface area (Å²) < 4.78 is 16.5. The van der Waals surface area contributed by atoms with Crippen molar-refractivity contribution < 1.29 is 19.0 Å². The van der Waals surface area contributed by atoms with Crippen LogP contribution in [-0.2, 0) is 19.7 Å². The number of ether oxygens (including phenoxy) is 3. The lowest BCUT2D eigenvalue weighted by molar-refractivity contribution is -0.130. The molecule has 2 aromatic carbocycles. The highest BCUT2D eigenvalue weighted by molar-refractivity contribution is 8.00. The van der Waals surface area contributed by atoms with E-state index < -0.39 is 5.41 Å². The molecule has 0 saturated carbocycles. The maximum Gasteiger partial charge on any atom is 0.230 e. The molecule has 0 radical (unpaired) electrons. The zero-order chi connectivity index (χ0) is 21.6. The topological polar surface area (TPSA) is 56.8 Å². The normalized spacial score (nSPS) is 20.0. The van der Waals surface area contributed by atoms with E-state index in [9.17, 15) is 4.79 Å². The Morgan fingerprint density at radius 3 is 2.16 bits per heavy atom. The third-order valence-corrected chi connectivity index (χ3v) is 7.97. The molecule has 5 nitrogen and oxygen atoms in total. The van der Waals surface area contributed by atoms with Crippen LogP contribution in [0.3, 0.4) is 0 Å². The number of hydrogen-bond acceptors (Lipinski definition) is 5. The standard InChI is InChI=1S/C25H31NO4S/c1-28-21-9-7-20(8-10-21)25(13-17-30-18-14-25)23(27)26-19-24(11-15-29-16-12-24)31-22-5-3-2-4-6-22/h2-10H,11-19H2,1H3,(H,26,27). The lowest BCUT2D eigenvalue weighted by Gasteiger charge is -2.40. The summed E-state index contributed by atoms with van der Waals surface area (Å²) in [6.45, 7) is 3.28. The van der Waals surface area contributed by atoms with Crippen LogP contribution in [0.4, 0.5) is 0 Å². The minimum Gasteiger partial charge on any atom is -0.497 e. The third kappa shape index (κ3) is 5.08. The monoisotopic (exact) mass is 441 g/mol. The van der Waals surface area contributed by atoms with E-state index in [-0.39, 0.29) is 10.7 Å². The van der Waals surface area contributed by atoms with Crippen molar-refractivity contribution in [2.45, 2.75) is 40.7 Å². The van der Waals surface area contributed by atoms with Crippen molar-refractivity contribution in [3.05, 3.63) is 60.2 Å². The second kappa shape index (κ2) is 10.1. The van der Waals surface area contributed by atoms with Crippen molar-refractivity contribution >= 4 is 17.7 Å². The molecule has 2 aromatic rings. The average Bonchev–Trinajstić information content (AvgIpc) is 2.84. The summed E-state index contributed by atoms with van der Waals surface area (Å²) in [5.41, 5.74) is 0.472. The van der Waals surface area contributed by atoms with Crippen LogP contribution in [0, 0.1) is 0 Å². The highest BCUT2D eigenvalue weighted by atomic mass is 32.2. The Labute approximate surface area is 188 Å². The number of nitrogens with one attached hydrogen (secondary N) is 1. The summed E-state index contributed by atoms with van der Waals surface area (Å²) in [4.78, 5) is 14.9. The van der Waals surface area contributed by atoms with E-state index >= 15 is 0 Å². The summed E-state index contributed by atoms with van der Waals surface area (Å²) in [5.74, 6) is 0.896. The molecule has 0 atom stereocenters. The summed E-state index contributed by atoms with van der Waals surface area (Å²) in [5, 5.41) is 3.35. The number of benzene rings is 2. The van der Waals surface area contributed by atoms with Gasteiger partial charge in [-0.3, -0.25) is 4.79 Å². The number of amides is 1. The van der Waals surface area contributed by atoms with E-state index in [0.717, 1.165) is 37.4 Å². The van der Waals surface area contributed by atoms with E-state index in [4.69, 9.17) is 14.2 Å². The van der Waals surface area contributed by atoms with Crippen LogP contribution in [0.1, 0.15) is 31.2 Å². The summed E-state index contributed by atoms with van der Waals surface area (Å²) in [7, 11) is 1.66. The van der Waals surface area contributed by atoms with Crippen LogP contribution >= 0.6 is 11.8 Å². The van der Waals surface area contributed by atoms with Gasteiger partial charge in [-0.05, 0) is 55.5 Å². The minimum atomic E-state index is -0.561. The maximum absolute atomic E-state index is 13.7. The molecule has 1 amide bonds. The van der Waals surface area contributed by atoms with Crippen LogP contribution in [0.5, 0.6) is 5.75 Å². The number of thioether (sulfide) groups is 1. The largest absolute Gasteiger partial charge is 0.497 e. The second-order valence-electron chi connectivity index (χ2n) is 8.32. The molecule has 0 aromatic heterocycles. The Kier molecular flexibility index (Phi) is 7.20. The van der Waals surface area contributed by atoms with Crippen molar-refractivity contribution in [3.8, 4) is 5.75 Å². The van der Waals surface area contributed by atoms with Gasteiger partial charge in [0, 0.05) is 42.6 Å². The smallest absolute Gasteiger partial charge is 0.230 e. The van der Waals surface area contributed by atoms with Crippen LogP contribution in [-0.4, -0.2) is 50.7 Å². The van der Waals surface area contributed by atoms with Gasteiger partial charge in [0.2, 0.25) is 5.91 Å². The molecule has 4 rings (SSSR count). The van der Waals surface area contributed by atoms with Crippen molar-refractivity contribution in [2.75, 3.05) is 40.1 Å². The number of carbonyl (C=O) groups is 1. The molecular weight excluding hydrogens is 410 g/mol. The van der Waals surface area contributed by atoms with Gasteiger partial charge in [-0.25, -0.2) is 0 Å². The van der Waals surface area contributed by atoms with Gasteiger partial charge in [0.1, 0.15) is 5.75 Å². The fourth-order valence-electron chi connectivity index (χ4n) is 4.48. The number of hydrogen-bond donors (Lipinski definition) is 1. The zero-order valence-corrected chi connectivity index (χ0v) is 18.9. The van der Waals surface area contributed by atoms with Gasteiger partial charge in [-0.2, -0.15) is 0 Å². The van der Waals surface area contributed by atoms with Crippen LogP contribution in [0.2, 0.25) is 0 Å². The number of carbonyl (C=O) groups excluding carboxylic acids is 1. The van der Waals surface area contributed by atoms with Gasteiger partial charge in [-0.1, -0.05) is 30.3 Å². The third-order valence-electron chi connectivity index (χ3n) is 6.48. The molecule has 0 bridgehead atoms. The molecule has 2 aliphatic rings. The van der Waals surface area contributed by atoms with Gasteiger partial charge in [0.15, 0.2) is 0 Å². The van der Waals surface area contributed by atoms with Crippen molar-refractivity contribution in [3.63, 3.8) is 0 Å². The second-order valence-corrected chi connectivity index (χ2v) is 9.86. The highest BCUT2D eigenvalue weighted by Crippen LogP contribution is 2.41. The summed E-state index contributed by atoms with van der Waals surface area (Å²) in [6.07, 6.45) is 3.22. The number of rotatable bonds is 7. The Balaban J connectivity index is 1.52. The number of methoxy groups -OCH3 is 1. The molecule has 2 fully saturated rings. The quantitative estimate of drug-likeness (QED) is 0.698. The fraction of sp³-hybridized carbons (Fsp3) is 0.480. The Morgan fingerprint density at radius 2 is 1.55 bits per heavy atom. The Morgan fingerprint density at radius 1 is 0.935 bits per heavy atom. The SMILES string of the molecule is COc1ccc(C2(C(=O)NCC3(Sc4ccccc4)CCOCC3)CCOCC2)cc1. The first-order valence-electron chi connectivity index (χ1n) is 11.0. The zero-order valence-electron chi connectivity index (χ0n) is 18.1. The average molecular weight is 442 g/mol.